The Kier molecular flexibility index (Phi) is 3.71. The Morgan fingerprint density at radius 2 is 1.95 bits per heavy atom. The summed E-state index contributed by atoms with van der Waals surface area (Å²) < 4.78 is 46.4. The quantitative estimate of drug-likeness (QED) is 0.886. The molecule has 0 aliphatic heterocycles. The van der Waals surface area contributed by atoms with Gasteiger partial charge in [0.25, 0.3) is 0 Å². The predicted molar refractivity (Wildman–Crippen MR) is 71.5 cm³/mol. The van der Waals surface area contributed by atoms with Crippen LogP contribution in [0.3, 0.4) is 0 Å². The van der Waals surface area contributed by atoms with Gasteiger partial charge in [-0.05, 0) is 13.0 Å². The van der Waals surface area contributed by atoms with Crippen LogP contribution in [0.15, 0.2) is 30.5 Å². The van der Waals surface area contributed by atoms with Gasteiger partial charge in [0, 0.05) is 29.7 Å². The lowest BCUT2D eigenvalue weighted by molar-refractivity contribution is -0.208. The molecule has 7 heteroatoms. The van der Waals surface area contributed by atoms with Crippen molar-refractivity contribution in [2.24, 2.45) is 12.8 Å². The number of carbonyl (C=O) groups is 1. The van der Waals surface area contributed by atoms with Crippen LogP contribution >= 0.6 is 0 Å². The number of halogens is 3. The molecule has 2 aromatic rings. The topological polar surface area (TPSA) is 57.2 Å². The second-order valence-electron chi connectivity index (χ2n) is 4.70. The molecule has 0 spiro atoms. The molecule has 1 aromatic carbocycles. The van der Waals surface area contributed by atoms with Crippen LogP contribution in [0.2, 0.25) is 0 Å². The zero-order chi connectivity index (χ0) is 15.8. The molecule has 1 atom stereocenters. The van der Waals surface area contributed by atoms with E-state index in [1.54, 1.807) is 25.2 Å². The molecule has 2 N–H and O–H groups in total. The SMILES string of the molecule is CCOC(=O)C(N)(c1cn(C)c2ccccc12)C(F)(F)F. The van der Waals surface area contributed by atoms with Gasteiger partial charge in [0.15, 0.2) is 0 Å². The minimum Gasteiger partial charge on any atom is -0.464 e. The fourth-order valence-electron chi connectivity index (χ4n) is 2.28. The van der Waals surface area contributed by atoms with E-state index in [4.69, 9.17) is 5.73 Å². The standard InChI is InChI=1S/C14H15F3N2O2/c1-3-21-12(20)13(18,14(15,16)17)10-8-19(2)11-7-5-4-6-9(10)11/h4-8H,3,18H2,1-2H3. The van der Waals surface area contributed by atoms with E-state index in [1.165, 1.54) is 23.8 Å². The van der Waals surface area contributed by atoms with Crippen molar-refractivity contribution in [3.05, 3.63) is 36.0 Å². The largest absolute Gasteiger partial charge is 0.464 e. The number of esters is 1. The Hall–Kier alpha value is -2.02. The number of nitrogens with two attached hydrogens (primary N) is 1. The first-order valence-electron chi connectivity index (χ1n) is 6.30. The first-order chi connectivity index (χ1) is 9.73. The third-order valence-electron chi connectivity index (χ3n) is 3.37. The zero-order valence-electron chi connectivity index (χ0n) is 11.6. The highest BCUT2D eigenvalue weighted by molar-refractivity contribution is 5.93. The number of rotatable bonds is 3. The molecule has 0 bridgehead atoms. The number of para-hydroxylation sites is 1. The van der Waals surface area contributed by atoms with Crippen molar-refractivity contribution in [1.82, 2.24) is 4.57 Å². The molecular weight excluding hydrogens is 285 g/mol. The van der Waals surface area contributed by atoms with Gasteiger partial charge in [-0.25, -0.2) is 4.79 Å². The molecule has 0 radical (unpaired) electrons. The number of carbonyl (C=O) groups excluding carboxylic acids is 1. The third-order valence-corrected chi connectivity index (χ3v) is 3.37. The molecule has 0 aliphatic rings. The minimum absolute atomic E-state index is 0.182. The molecular formula is C14H15F3N2O2. The highest BCUT2D eigenvalue weighted by Crippen LogP contribution is 2.41. The molecule has 0 fully saturated rings. The maximum Gasteiger partial charge on any atom is 0.421 e. The average molecular weight is 300 g/mol. The van der Waals surface area contributed by atoms with Crippen LogP contribution < -0.4 is 5.73 Å². The molecule has 0 saturated carbocycles. The Morgan fingerprint density at radius 1 is 1.33 bits per heavy atom. The second kappa shape index (κ2) is 5.07. The van der Waals surface area contributed by atoms with Gasteiger partial charge in [-0.1, -0.05) is 18.2 Å². The number of benzene rings is 1. The van der Waals surface area contributed by atoms with Crippen molar-refractivity contribution >= 4 is 16.9 Å². The summed E-state index contributed by atoms with van der Waals surface area (Å²) in [6.45, 7) is 1.25. The van der Waals surface area contributed by atoms with Crippen molar-refractivity contribution in [2.45, 2.75) is 18.6 Å². The van der Waals surface area contributed by atoms with Crippen LogP contribution in [-0.2, 0) is 22.1 Å². The fourth-order valence-corrected chi connectivity index (χ4v) is 2.28. The van der Waals surface area contributed by atoms with Gasteiger partial charge < -0.3 is 15.0 Å². The van der Waals surface area contributed by atoms with Crippen LogP contribution in [-0.4, -0.2) is 23.3 Å². The van der Waals surface area contributed by atoms with Crippen LogP contribution in [0.4, 0.5) is 13.2 Å². The van der Waals surface area contributed by atoms with Gasteiger partial charge in [-0.15, -0.1) is 0 Å². The van der Waals surface area contributed by atoms with E-state index in [0.717, 1.165) is 0 Å². The second-order valence-corrected chi connectivity index (χ2v) is 4.70. The van der Waals surface area contributed by atoms with Crippen LogP contribution in [0.25, 0.3) is 10.9 Å². The van der Waals surface area contributed by atoms with E-state index in [1.807, 2.05) is 0 Å². The summed E-state index contributed by atoms with van der Waals surface area (Å²) in [5.41, 5.74) is 2.54. The molecule has 1 heterocycles. The summed E-state index contributed by atoms with van der Waals surface area (Å²) in [5, 5.41) is 0.271. The Bertz CT molecular complexity index is 678. The summed E-state index contributed by atoms with van der Waals surface area (Å²) in [6.07, 6.45) is -3.75. The molecule has 0 aliphatic carbocycles. The molecule has 0 saturated heterocycles. The summed E-state index contributed by atoms with van der Waals surface area (Å²) in [7, 11) is 1.59. The van der Waals surface area contributed by atoms with Gasteiger partial charge in [-0.2, -0.15) is 13.2 Å². The molecule has 1 aromatic heterocycles. The Balaban J connectivity index is 2.74. The van der Waals surface area contributed by atoms with Gasteiger partial charge in [-0.3, -0.25) is 0 Å². The van der Waals surface area contributed by atoms with E-state index >= 15 is 0 Å². The van der Waals surface area contributed by atoms with Crippen molar-refractivity contribution in [3.63, 3.8) is 0 Å². The molecule has 0 amide bonds. The first-order valence-corrected chi connectivity index (χ1v) is 6.30. The molecule has 21 heavy (non-hydrogen) atoms. The zero-order valence-corrected chi connectivity index (χ0v) is 11.6. The molecule has 4 nitrogen and oxygen atoms in total. The number of fused-ring (bicyclic) bond motifs is 1. The number of hydrogen-bond acceptors (Lipinski definition) is 3. The first kappa shape index (κ1) is 15.4. The smallest absolute Gasteiger partial charge is 0.421 e. The Labute approximate surface area is 119 Å². The van der Waals surface area contributed by atoms with E-state index < -0.39 is 17.7 Å². The van der Waals surface area contributed by atoms with E-state index in [9.17, 15) is 18.0 Å². The van der Waals surface area contributed by atoms with Crippen molar-refractivity contribution in [2.75, 3.05) is 6.61 Å². The molecule has 114 valence electrons. The molecule has 2 rings (SSSR count). The lowest BCUT2D eigenvalue weighted by Crippen LogP contribution is -2.57. The monoisotopic (exact) mass is 300 g/mol. The maximum atomic E-state index is 13.5. The highest BCUT2D eigenvalue weighted by atomic mass is 19.4. The maximum absolute atomic E-state index is 13.5. The van der Waals surface area contributed by atoms with Crippen molar-refractivity contribution < 1.29 is 22.7 Å². The van der Waals surface area contributed by atoms with E-state index in [0.29, 0.717) is 5.52 Å². The minimum atomic E-state index is -4.97. The van der Waals surface area contributed by atoms with Gasteiger partial charge in [0.1, 0.15) is 0 Å². The molecule has 1 unspecified atom stereocenters. The normalized spacial score (nSPS) is 15.0. The number of aryl methyl sites for hydroxylation is 1. The fraction of sp³-hybridized carbons (Fsp3) is 0.357. The predicted octanol–water partition coefficient (Wildman–Crippen LogP) is 2.46. The number of aromatic nitrogens is 1. The number of ether oxygens (including phenoxy) is 1. The summed E-state index contributed by atoms with van der Waals surface area (Å²) in [4.78, 5) is 11.9. The van der Waals surface area contributed by atoms with Crippen LogP contribution in [0.5, 0.6) is 0 Å². The highest BCUT2D eigenvalue weighted by Gasteiger charge is 2.61. The van der Waals surface area contributed by atoms with Gasteiger partial charge in [0.2, 0.25) is 5.54 Å². The van der Waals surface area contributed by atoms with E-state index in [2.05, 4.69) is 4.74 Å². The number of hydrogen-bond donors (Lipinski definition) is 1. The lowest BCUT2D eigenvalue weighted by atomic mass is 9.90. The van der Waals surface area contributed by atoms with Crippen LogP contribution in [0.1, 0.15) is 12.5 Å². The lowest BCUT2D eigenvalue weighted by Gasteiger charge is -2.29. The Morgan fingerprint density at radius 3 is 2.52 bits per heavy atom. The van der Waals surface area contributed by atoms with Crippen LogP contribution in [0, 0.1) is 0 Å². The number of alkyl halides is 3. The summed E-state index contributed by atoms with van der Waals surface area (Å²) in [6, 6.07) is 6.44. The van der Waals surface area contributed by atoms with Crippen molar-refractivity contribution in [3.8, 4) is 0 Å². The summed E-state index contributed by atoms with van der Waals surface area (Å²) >= 11 is 0. The van der Waals surface area contributed by atoms with Gasteiger partial charge >= 0.3 is 12.1 Å². The van der Waals surface area contributed by atoms with Crippen molar-refractivity contribution in [1.29, 1.82) is 0 Å². The van der Waals surface area contributed by atoms with Gasteiger partial charge in [0.05, 0.1) is 6.61 Å². The average Bonchev–Trinajstić information content (AvgIpc) is 2.75. The summed E-state index contributed by atoms with van der Waals surface area (Å²) in [5.74, 6) is -1.51. The third kappa shape index (κ3) is 2.27. The van der Waals surface area contributed by atoms with E-state index in [-0.39, 0.29) is 17.6 Å². The number of nitrogens with zero attached hydrogens (tertiary/aromatic N) is 1.